The molecule has 1 unspecified atom stereocenters. The fourth-order valence-electron chi connectivity index (χ4n) is 1.10. The third-order valence-electron chi connectivity index (χ3n) is 2.18. The van der Waals surface area contributed by atoms with Gasteiger partial charge in [0.25, 0.3) is 0 Å². The first-order valence-electron chi connectivity index (χ1n) is 5.71. The zero-order chi connectivity index (χ0) is 14.7. The van der Waals surface area contributed by atoms with Crippen LogP contribution in [0.4, 0.5) is 0 Å². The molecule has 5 nitrogen and oxygen atoms in total. The molecule has 6 heteroatoms. The second-order valence-electron chi connectivity index (χ2n) is 3.70. The predicted octanol–water partition coefficient (Wildman–Crippen LogP) is 1.12. The zero-order valence-corrected chi connectivity index (χ0v) is 11.7. The van der Waals surface area contributed by atoms with Crippen molar-refractivity contribution in [1.29, 1.82) is 0 Å². The maximum Gasteiger partial charge on any atom is 0.320 e. The minimum absolute atomic E-state index is 0.198. The molecule has 0 bridgehead atoms. The Balaban J connectivity index is 0.000000362. The molecular weight excluding hydrogens is 266 g/mol. The first-order valence-corrected chi connectivity index (χ1v) is 6.34. The molecule has 0 aliphatic heterocycles. The van der Waals surface area contributed by atoms with Gasteiger partial charge in [-0.2, -0.15) is 12.6 Å². The third kappa shape index (κ3) is 9.10. The number of thiol groups is 1. The number of methoxy groups -OCH3 is 1. The van der Waals surface area contributed by atoms with Crippen molar-refractivity contribution in [2.24, 2.45) is 5.73 Å². The number of carboxylic acid groups (broad SMARTS) is 1. The number of hydrogen-bond acceptors (Lipinski definition) is 5. The fourth-order valence-corrected chi connectivity index (χ4v) is 1.38. The van der Waals surface area contributed by atoms with Crippen LogP contribution in [0.3, 0.4) is 0 Å². The summed E-state index contributed by atoms with van der Waals surface area (Å²) >= 11 is 3.81. The number of nitrogens with two attached hydrogens (primary N) is 1. The van der Waals surface area contributed by atoms with E-state index in [0.717, 1.165) is 5.56 Å². The number of hydrogen-bond donors (Lipinski definition) is 3. The molecule has 0 radical (unpaired) electrons. The van der Waals surface area contributed by atoms with Crippen LogP contribution in [0.1, 0.15) is 12.0 Å². The van der Waals surface area contributed by atoms with Crippen molar-refractivity contribution in [3.8, 4) is 0 Å². The van der Waals surface area contributed by atoms with E-state index in [1.807, 2.05) is 30.3 Å². The maximum absolute atomic E-state index is 10.8. The highest BCUT2D eigenvalue weighted by molar-refractivity contribution is 7.80. The molecule has 0 aliphatic carbocycles. The van der Waals surface area contributed by atoms with E-state index in [1.54, 1.807) is 0 Å². The van der Waals surface area contributed by atoms with E-state index in [1.165, 1.54) is 7.11 Å². The van der Waals surface area contributed by atoms with Gasteiger partial charge < -0.3 is 15.6 Å². The smallest absolute Gasteiger partial charge is 0.320 e. The lowest BCUT2D eigenvalue weighted by molar-refractivity contribution is -0.140. The zero-order valence-electron chi connectivity index (χ0n) is 10.8. The van der Waals surface area contributed by atoms with E-state index >= 15 is 0 Å². The first-order chi connectivity index (χ1) is 9.01. The van der Waals surface area contributed by atoms with Gasteiger partial charge in [-0.05, 0) is 17.7 Å². The second-order valence-corrected chi connectivity index (χ2v) is 4.14. The van der Waals surface area contributed by atoms with Crippen molar-refractivity contribution in [3.05, 3.63) is 35.9 Å². The van der Waals surface area contributed by atoms with Crippen molar-refractivity contribution in [3.63, 3.8) is 0 Å². The van der Waals surface area contributed by atoms with Crippen LogP contribution in [-0.4, -0.2) is 35.9 Å². The molecule has 0 saturated heterocycles. The highest BCUT2D eigenvalue weighted by Gasteiger charge is 2.08. The average molecular weight is 285 g/mol. The summed E-state index contributed by atoms with van der Waals surface area (Å²) in [6.07, 6.45) is 0.787. The topological polar surface area (TPSA) is 89.6 Å². The number of esters is 1. The number of aliphatic carboxylic acids is 1. The Labute approximate surface area is 118 Å². The van der Waals surface area contributed by atoms with Crippen LogP contribution in [-0.2, 0) is 20.7 Å². The van der Waals surface area contributed by atoms with Gasteiger partial charge in [-0.25, -0.2) is 0 Å². The largest absolute Gasteiger partial charge is 0.480 e. The molecule has 0 heterocycles. The summed E-state index contributed by atoms with van der Waals surface area (Å²) in [7, 11) is 1.39. The minimum atomic E-state index is -0.959. The van der Waals surface area contributed by atoms with Crippen molar-refractivity contribution < 1.29 is 19.4 Å². The molecule has 1 atom stereocenters. The molecule has 1 aromatic carbocycles. The van der Waals surface area contributed by atoms with E-state index in [9.17, 15) is 9.59 Å². The molecule has 1 aromatic rings. The van der Waals surface area contributed by atoms with Crippen LogP contribution in [0.15, 0.2) is 30.3 Å². The summed E-state index contributed by atoms with van der Waals surface area (Å²) in [6.45, 7) is 0. The Hall–Kier alpha value is -1.53. The lowest BCUT2D eigenvalue weighted by Gasteiger charge is -2.00. The van der Waals surface area contributed by atoms with Gasteiger partial charge in [-0.1, -0.05) is 30.3 Å². The summed E-state index contributed by atoms with van der Waals surface area (Å²) in [5, 5.41) is 8.15. The monoisotopic (exact) mass is 285 g/mol. The Morgan fingerprint density at radius 2 is 1.95 bits per heavy atom. The molecule has 106 valence electrons. The van der Waals surface area contributed by atoms with Crippen LogP contribution >= 0.6 is 12.6 Å². The molecule has 0 fully saturated rings. The number of carbonyl (C=O) groups excluding carboxylic acids is 1. The van der Waals surface area contributed by atoms with Gasteiger partial charge >= 0.3 is 11.9 Å². The minimum Gasteiger partial charge on any atom is -0.480 e. The Morgan fingerprint density at radius 1 is 1.37 bits per heavy atom. The molecule has 0 aliphatic rings. The van der Waals surface area contributed by atoms with E-state index in [2.05, 4.69) is 17.4 Å². The highest BCUT2D eigenvalue weighted by Crippen LogP contribution is 1.99. The Kier molecular flexibility index (Phi) is 9.56. The van der Waals surface area contributed by atoms with Gasteiger partial charge in [0.1, 0.15) is 6.04 Å². The summed E-state index contributed by atoms with van der Waals surface area (Å²) in [5.41, 5.74) is 6.06. The van der Waals surface area contributed by atoms with Crippen molar-refractivity contribution in [1.82, 2.24) is 0 Å². The summed E-state index contributed by atoms with van der Waals surface area (Å²) in [5.74, 6) is -0.636. The van der Waals surface area contributed by atoms with Gasteiger partial charge in [0.05, 0.1) is 13.5 Å². The highest BCUT2D eigenvalue weighted by atomic mass is 32.1. The van der Waals surface area contributed by atoms with Gasteiger partial charge in [-0.15, -0.1) is 0 Å². The van der Waals surface area contributed by atoms with Gasteiger partial charge in [0.15, 0.2) is 0 Å². The van der Waals surface area contributed by atoms with Crippen molar-refractivity contribution in [2.75, 3.05) is 12.9 Å². The fraction of sp³-hybridized carbons (Fsp3) is 0.385. The lowest BCUT2D eigenvalue weighted by Crippen LogP contribution is -2.30. The molecule has 19 heavy (non-hydrogen) atoms. The first kappa shape index (κ1) is 17.5. The van der Waals surface area contributed by atoms with Crippen molar-refractivity contribution in [2.45, 2.75) is 18.9 Å². The molecule has 0 spiro atoms. The molecule has 0 saturated carbocycles. The number of benzene rings is 1. The molecule has 0 aromatic heterocycles. The third-order valence-corrected chi connectivity index (χ3v) is 2.43. The van der Waals surface area contributed by atoms with Crippen LogP contribution in [0.5, 0.6) is 0 Å². The normalized spacial score (nSPS) is 10.9. The summed E-state index contributed by atoms with van der Waals surface area (Å²) in [4.78, 5) is 20.7. The second kappa shape index (κ2) is 10.4. The van der Waals surface area contributed by atoms with Crippen LogP contribution in [0, 0.1) is 0 Å². The van der Waals surface area contributed by atoms with E-state index in [0.29, 0.717) is 18.6 Å². The number of carboxylic acids is 1. The predicted molar refractivity (Wildman–Crippen MR) is 76.2 cm³/mol. The number of ether oxygens (including phenoxy) is 1. The van der Waals surface area contributed by atoms with Crippen LogP contribution in [0.25, 0.3) is 0 Å². The molecular formula is C13H19NO4S. The average Bonchev–Trinajstić information content (AvgIpc) is 2.40. The van der Waals surface area contributed by atoms with E-state index < -0.39 is 12.0 Å². The van der Waals surface area contributed by atoms with Crippen molar-refractivity contribution >= 4 is 24.6 Å². The summed E-state index contributed by atoms with van der Waals surface area (Å²) < 4.78 is 4.52. The van der Waals surface area contributed by atoms with Crippen LogP contribution in [0.2, 0.25) is 0 Å². The van der Waals surface area contributed by atoms with Gasteiger partial charge in [0, 0.05) is 0 Å². The standard InChI is InChI=1S/C9H10O2.C4H9NO2S/c1-11-9(10)7-8-5-3-2-4-6-8;5-3(1-2-8)4(6)7/h2-6H,7H2,1H3;3,8H,1-2,5H2,(H,6,7). The SMILES string of the molecule is COC(=O)Cc1ccccc1.NC(CCS)C(=O)O. The van der Waals surface area contributed by atoms with Gasteiger partial charge in [0.2, 0.25) is 0 Å². The summed E-state index contributed by atoms with van der Waals surface area (Å²) in [6, 6.07) is 8.78. The number of carbonyl (C=O) groups is 2. The molecule has 3 N–H and O–H groups in total. The maximum atomic E-state index is 10.8. The Bertz CT molecular complexity index is 383. The van der Waals surface area contributed by atoms with Gasteiger partial charge in [-0.3, -0.25) is 9.59 Å². The van der Waals surface area contributed by atoms with Crippen LogP contribution < -0.4 is 5.73 Å². The Morgan fingerprint density at radius 3 is 2.32 bits per heavy atom. The molecule has 1 rings (SSSR count). The number of rotatable bonds is 5. The quantitative estimate of drug-likeness (QED) is 0.557. The lowest BCUT2D eigenvalue weighted by atomic mass is 10.2. The molecule has 0 amide bonds. The van der Waals surface area contributed by atoms with E-state index in [-0.39, 0.29) is 5.97 Å². The van der Waals surface area contributed by atoms with E-state index in [4.69, 9.17) is 10.8 Å².